The van der Waals surface area contributed by atoms with Crippen LogP contribution in [-0.4, -0.2) is 28.6 Å². The van der Waals surface area contributed by atoms with Gasteiger partial charge < -0.3 is 4.90 Å². The molecule has 0 aliphatic rings. The molecule has 2 heterocycles. The first kappa shape index (κ1) is 14.4. The molecule has 0 saturated heterocycles. The van der Waals surface area contributed by atoms with E-state index in [1.54, 1.807) is 11.1 Å². The minimum Gasteiger partial charge on any atom is -0.329 e. The molecule has 0 aromatic carbocycles. The predicted molar refractivity (Wildman–Crippen MR) is 83.5 cm³/mol. The molecule has 0 aliphatic heterocycles. The number of fused-ring (bicyclic) bond motifs is 1. The van der Waals surface area contributed by atoms with E-state index in [1.807, 2.05) is 38.1 Å². The first-order chi connectivity index (χ1) is 9.65. The standard InChI is InChI=1S/C15H17N3OS/c1-3-5-11(2)18(10-16)9-13(19)14-8-12-6-4-7-17-15(12)20-14/h4-8,10,16H,3,9H2,1-2H3/b11-5+,16-10?. The lowest BCUT2D eigenvalue weighted by atomic mass is 10.2. The maximum Gasteiger partial charge on any atom is 0.192 e. The van der Waals surface area contributed by atoms with Crippen LogP contribution in [0.25, 0.3) is 10.2 Å². The van der Waals surface area contributed by atoms with Gasteiger partial charge in [-0.25, -0.2) is 4.98 Å². The number of aromatic nitrogens is 1. The molecule has 0 fully saturated rings. The van der Waals surface area contributed by atoms with Crippen molar-refractivity contribution in [1.29, 1.82) is 5.41 Å². The maximum absolute atomic E-state index is 12.3. The molecule has 0 radical (unpaired) electrons. The van der Waals surface area contributed by atoms with Crippen LogP contribution in [0.4, 0.5) is 0 Å². The molecule has 0 atom stereocenters. The molecule has 2 rings (SSSR count). The summed E-state index contributed by atoms with van der Waals surface area (Å²) < 4.78 is 0. The van der Waals surface area contributed by atoms with Crippen molar-refractivity contribution < 1.29 is 4.79 Å². The molecule has 5 heteroatoms. The Kier molecular flexibility index (Phi) is 4.63. The highest BCUT2D eigenvalue weighted by Gasteiger charge is 2.14. The zero-order valence-electron chi connectivity index (χ0n) is 11.6. The molecule has 4 nitrogen and oxygen atoms in total. The van der Waals surface area contributed by atoms with Crippen molar-refractivity contribution in [3.8, 4) is 0 Å². The van der Waals surface area contributed by atoms with Crippen molar-refractivity contribution in [1.82, 2.24) is 9.88 Å². The summed E-state index contributed by atoms with van der Waals surface area (Å²) in [6.45, 7) is 4.14. The van der Waals surface area contributed by atoms with Crippen LogP contribution in [0.5, 0.6) is 0 Å². The van der Waals surface area contributed by atoms with E-state index in [-0.39, 0.29) is 12.3 Å². The molecular formula is C15H17N3OS. The van der Waals surface area contributed by atoms with Crippen molar-refractivity contribution in [3.05, 3.63) is 41.0 Å². The lowest BCUT2D eigenvalue weighted by Crippen LogP contribution is -2.26. The van der Waals surface area contributed by atoms with Gasteiger partial charge >= 0.3 is 0 Å². The molecular weight excluding hydrogens is 270 g/mol. The highest BCUT2D eigenvalue weighted by atomic mass is 32.1. The van der Waals surface area contributed by atoms with Gasteiger partial charge in [0.05, 0.1) is 17.8 Å². The number of pyridine rings is 1. The molecule has 1 N–H and O–H groups in total. The van der Waals surface area contributed by atoms with Crippen LogP contribution >= 0.6 is 11.3 Å². The lowest BCUT2D eigenvalue weighted by Gasteiger charge is -2.18. The monoisotopic (exact) mass is 287 g/mol. The molecule has 104 valence electrons. The fraction of sp³-hybridized carbons (Fsp3) is 0.267. The highest BCUT2D eigenvalue weighted by molar-refractivity contribution is 7.20. The van der Waals surface area contributed by atoms with Gasteiger partial charge in [-0.2, -0.15) is 0 Å². The summed E-state index contributed by atoms with van der Waals surface area (Å²) in [6, 6.07) is 5.68. The third-order valence-corrected chi connectivity index (χ3v) is 4.09. The summed E-state index contributed by atoms with van der Waals surface area (Å²) in [5, 5.41) is 8.42. The van der Waals surface area contributed by atoms with E-state index in [1.165, 1.54) is 17.7 Å². The number of nitrogens with one attached hydrogen (secondary N) is 1. The predicted octanol–water partition coefficient (Wildman–Crippen LogP) is 3.70. The fourth-order valence-electron chi connectivity index (χ4n) is 1.93. The van der Waals surface area contributed by atoms with Crippen molar-refractivity contribution in [2.45, 2.75) is 20.3 Å². The topological polar surface area (TPSA) is 57.1 Å². The van der Waals surface area contributed by atoms with Crippen molar-refractivity contribution in [3.63, 3.8) is 0 Å². The first-order valence-corrected chi connectivity index (χ1v) is 7.29. The molecule has 0 amide bonds. The lowest BCUT2D eigenvalue weighted by molar-refractivity contribution is 0.0976. The van der Waals surface area contributed by atoms with Gasteiger partial charge in [-0.1, -0.05) is 19.1 Å². The number of ketones is 1. The van der Waals surface area contributed by atoms with Gasteiger partial charge in [0, 0.05) is 17.3 Å². The molecule has 2 aromatic rings. The van der Waals surface area contributed by atoms with Gasteiger partial charge in [-0.3, -0.25) is 10.2 Å². The zero-order valence-corrected chi connectivity index (χ0v) is 12.4. The molecule has 2 aromatic heterocycles. The molecule has 0 saturated carbocycles. The number of hydrogen-bond acceptors (Lipinski definition) is 4. The van der Waals surface area contributed by atoms with Crippen LogP contribution in [0.2, 0.25) is 0 Å². The van der Waals surface area contributed by atoms with Gasteiger partial charge in [0.25, 0.3) is 0 Å². The van der Waals surface area contributed by atoms with E-state index in [4.69, 9.17) is 5.41 Å². The van der Waals surface area contributed by atoms with Crippen LogP contribution in [0.1, 0.15) is 29.9 Å². The minimum atomic E-state index is 0.0142. The molecule has 0 spiro atoms. The summed E-state index contributed by atoms with van der Waals surface area (Å²) in [7, 11) is 0. The van der Waals surface area contributed by atoms with Gasteiger partial charge in [-0.15, -0.1) is 11.3 Å². The van der Waals surface area contributed by atoms with Crippen molar-refractivity contribution in [2.24, 2.45) is 0 Å². The van der Waals surface area contributed by atoms with E-state index < -0.39 is 0 Å². The summed E-state index contributed by atoms with van der Waals surface area (Å²) in [4.78, 5) is 19.8. The third-order valence-electron chi connectivity index (χ3n) is 2.99. The molecule has 0 aliphatic carbocycles. The number of thiophene rings is 1. The molecule has 20 heavy (non-hydrogen) atoms. The quantitative estimate of drug-likeness (QED) is 0.500. The van der Waals surface area contributed by atoms with E-state index in [2.05, 4.69) is 4.98 Å². The Labute approximate surface area is 122 Å². The Morgan fingerprint density at radius 2 is 2.35 bits per heavy atom. The highest BCUT2D eigenvalue weighted by Crippen LogP contribution is 2.24. The number of rotatable bonds is 6. The Bertz CT molecular complexity index is 627. The number of carbonyl (C=O) groups is 1. The number of carbonyl (C=O) groups excluding carboxylic acids is 1. The van der Waals surface area contributed by atoms with E-state index in [9.17, 15) is 4.79 Å². The van der Waals surface area contributed by atoms with Crippen molar-refractivity contribution >= 4 is 33.7 Å². The van der Waals surface area contributed by atoms with Crippen molar-refractivity contribution in [2.75, 3.05) is 6.54 Å². The van der Waals surface area contributed by atoms with Gasteiger partial charge in [0.2, 0.25) is 0 Å². The van der Waals surface area contributed by atoms with Crippen LogP contribution in [0.15, 0.2) is 36.2 Å². The second-order valence-electron chi connectivity index (χ2n) is 4.44. The zero-order chi connectivity index (χ0) is 14.5. The summed E-state index contributed by atoms with van der Waals surface area (Å²) >= 11 is 1.40. The normalized spacial score (nSPS) is 11.6. The summed E-state index contributed by atoms with van der Waals surface area (Å²) in [5.74, 6) is 0.0142. The van der Waals surface area contributed by atoms with Crippen LogP contribution < -0.4 is 0 Å². The number of Topliss-reactive ketones (excluding diaryl/α,β-unsaturated/α-hetero) is 1. The van der Waals surface area contributed by atoms with E-state index in [0.29, 0.717) is 4.88 Å². The first-order valence-electron chi connectivity index (χ1n) is 6.47. The average Bonchev–Trinajstić information content (AvgIpc) is 2.88. The summed E-state index contributed by atoms with van der Waals surface area (Å²) in [5.41, 5.74) is 0.926. The third kappa shape index (κ3) is 3.11. The van der Waals surface area contributed by atoms with Gasteiger partial charge in [0.1, 0.15) is 4.83 Å². The smallest absolute Gasteiger partial charge is 0.192 e. The van der Waals surface area contributed by atoms with Gasteiger partial charge in [0.15, 0.2) is 5.78 Å². The largest absolute Gasteiger partial charge is 0.329 e. The molecule has 0 bridgehead atoms. The maximum atomic E-state index is 12.3. The van der Waals surface area contributed by atoms with Crippen LogP contribution in [0, 0.1) is 5.41 Å². The Hall–Kier alpha value is -2.01. The summed E-state index contributed by atoms with van der Waals surface area (Å²) in [6.07, 6.45) is 5.82. The van der Waals surface area contributed by atoms with E-state index >= 15 is 0 Å². The SMILES string of the molecule is CC/C=C(\C)N(C=N)CC(=O)c1cc2cccnc2s1. The number of nitrogens with zero attached hydrogens (tertiary/aromatic N) is 2. The average molecular weight is 287 g/mol. The van der Waals surface area contributed by atoms with Gasteiger partial charge in [-0.05, 0) is 25.5 Å². The Morgan fingerprint density at radius 3 is 3.00 bits per heavy atom. The van der Waals surface area contributed by atoms with E-state index in [0.717, 1.165) is 22.3 Å². The second-order valence-corrected chi connectivity index (χ2v) is 5.47. The van der Waals surface area contributed by atoms with Crippen LogP contribution in [0.3, 0.4) is 0 Å². The number of allylic oxidation sites excluding steroid dienone is 2. The Balaban J connectivity index is 2.18. The number of hydrogen-bond donors (Lipinski definition) is 1. The fourth-order valence-corrected chi connectivity index (χ4v) is 2.86. The minimum absolute atomic E-state index is 0.0142. The van der Waals surface area contributed by atoms with Crippen LogP contribution in [-0.2, 0) is 0 Å². The second kappa shape index (κ2) is 6.43. The molecule has 0 unspecified atom stereocenters. The Morgan fingerprint density at radius 1 is 1.55 bits per heavy atom.